The van der Waals surface area contributed by atoms with Crippen LogP contribution in [0.5, 0.6) is 0 Å². The molecule has 2 heterocycles. The van der Waals surface area contributed by atoms with E-state index in [-0.39, 0.29) is 18.7 Å². The van der Waals surface area contributed by atoms with E-state index in [9.17, 15) is 39.1 Å². The Hall–Kier alpha value is -0.650. The van der Waals surface area contributed by atoms with E-state index in [1.165, 1.54) is 0 Å². The van der Waals surface area contributed by atoms with Crippen molar-refractivity contribution in [2.75, 3.05) is 18.9 Å². The van der Waals surface area contributed by atoms with Crippen molar-refractivity contribution in [3.05, 3.63) is 0 Å². The molecule has 17 nitrogen and oxygen atoms in total. The van der Waals surface area contributed by atoms with Crippen LogP contribution >= 0.6 is 0 Å². The number of aliphatic hydroxyl groups excluding tert-OH is 6. The van der Waals surface area contributed by atoms with Gasteiger partial charge in [-0.3, -0.25) is 4.18 Å². The Bertz CT molecular complexity index is 936. The van der Waals surface area contributed by atoms with Crippen LogP contribution in [0.4, 0.5) is 0 Å². The summed E-state index contributed by atoms with van der Waals surface area (Å²) in [5.41, 5.74) is 23.9. The van der Waals surface area contributed by atoms with Crippen molar-refractivity contribution in [2.45, 2.75) is 131 Å². The first-order valence-corrected chi connectivity index (χ1v) is 15.8. The molecule has 1 aliphatic carbocycles. The van der Waals surface area contributed by atoms with Gasteiger partial charge in [-0.15, -0.1) is 0 Å². The number of ether oxygens (including phenoxy) is 4. The Labute approximate surface area is 245 Å². The van der Waals surface area contributed by atoms with Crippen molar-refractivity contribution in [1.29, 1.82) is 0 Å². The van der Waals surface area contributed by atoms with Gasteiger partial charge in [0, 0.05) is 18.6 Å². The molecule has 0 bridgehead atoms. The third kappa shape index (κ3) is 8.53. The fourth-order valence-electron chi connectivity index (χ4n) is 5.32. The maximum Gasteiger partial charge on any atom is 0.267 e. The van der Waals surface area contributed by atoms with E-state index in [2.05, 4.69) is 0 Å². The maximum absolute atomic E-state index is 12.3. The number of unbranched alkanes of at least 4 members (excludes halogenated alkanes) is 3. The van der Waals surface area contributed by atoms with Crippen LogP contribution in [-0.2, 0) is 33.2 Å². The van der Waals surface area contributed by atoms with Crippen LogP contribution in [0.3, 0.4) is 0 Å². The smallest absolute Gasteiger partial charge is 0.267 e. The molecule has 0 spiro atoms. The van der Waals surface area contributed by atoms with E-state index in [4.69, 9.17) is 46.1 Å². The van der Waals surface area contributed by atoms with Gasteiger partial charge < -0.3 is 72.5 Å². The van der Waals surface area contributed by atoms with Crippen LogP contribution in [-0.4, -0.2) is 150 Å². The maximum atomic E-state index is 12.3. The number of rotatable bonds is 13. The predicted molar refractivity (Wildman–Crippen MR) is 145 cm³/mol. The van der Waals surface area contributed by atoms with Gasteiger partial charge in [-0.05, 0) is 12.8 Å². The lowest BCUT2D eigenvalue weighted by atomic mass is 9.84. The Kier molecular flexibility index (Phi) is 13.3. The van der Waals surface area contributed by atoms with Gasteiger partial charge in [0.2, 0.25) is 0 Å². The van der Waals surface area contributed by atoms with E-state index in [0.717, 1.165) is 19.3 Å². The zero-order valence-corrected chi connectivity index (χ0v) is 24.4. The van der Waals surface area contributed by atoms with Crippen LogP contribution in [0.25, 0.3) is 0 Å². The Balaban J connectivity index is 1.67. The highest BCUT2D eigenvalue weighted by atomic mass is 32.2. The molecule has 18 heteroatoms. The lowest BCUT2D eigenvalue weighted by molar-refractivity contribution is -0.331. The molecule has 0 aromatic heterocycles. The summed E-state index contributed by atoms with van der Waals surface area (Å²) in [6.07, 6.45) is -14.6. The van der Waals surface area contributed by atoms with Gasteiger partial charge in [-0.1, -0.05) is 26.2 Å². The summed E-state index contributed by atoms with van der Waals surface area (Å²) in [5, 5.41) is 62.9. The van der Waals surface area contributed by atoms with Crippen LogP contribution in [0.15, 0.2) is 0 Å². The zero-order chi connectivity index (χ0) is 31.4. The van der Waals surface area contributed by atoms with Gasteiger partial charge in [0.1, 0.15) is 61.0 Å². The molecule has 2 aliphatic heterocycles. The minimum Gasteiger partial charge on any atom is -0.389 e. The molecule has 1 saturated carbocycles. The van der Waals surface area contributed by atoms with Crippen molar-refractivity contribution in [2.24, 2.45) is 22.9 Å². The van der Waals surface area contributed by atoms with Gasteiger partial charge in [-0.2, -0.15) is 8.42 Å². The molecule has 3 aliphatic rings. The molecule has 3 fully saturated rings. The molecule has 0 radical (unpaired) electrons. The average Bonchev–Trinajstić information content (AvgIpc) is 2.94. The van der Waals surface area contributed by atoms with E-state index in [0.29, 0.717) is 6.42 Å². The molecule has 248 valence electrons. The topological polar surface area (TPSA) is 306 Å². The molecular formula is C24H48N4O13S. The quantitative estimate of drug-likeness (QED) is 0.0669. The lowest BCUT2D eigenvalue weighted by Gasteiger charge is -2.48. The summed E-state index contributed by atoms with van der Waals surface area (Å²) in [5.74, 6) is -0.212. The molecule has 0 aromatic carbocycles. The lowest BCUT2D eigenvalue weighted by Crippen LogP contribution is -2.68. The molecule has 0 aromatic rings. The Morgan fingerprint density at radius 2 is 1.31 bits per heavy atom. The highest BCUT2D eigenvalue weighted by molar-refractivity contribution is 7.86. The second kappa shape index (κ2) is 15.6. The average molecular weight is 633 g/mol. The highest BCUT2D eigenvalue weighted by Crippen LogP contribution is 2.31. The molecule has 3 rings (SSSR count). The number of hydrogen-bond donors (Lipinski definition) is 10. The normalized spacial score (nSPS) is 45.2. The van der Waals surface area contributed by atoms with Crippen molar-refractivity contribution >= 4 is 10.1 Å². The van der Waals surface area contributed by atoms with Crippen molar-refractivity contribution in [3.63, 3.8) is 0 Å². The number of hydrogen-bond acceptors (Lipinski definition) is 17. The van der Waals surface area contributed by atoms with Gasteiger partial charge in [0.25, 0.3) is 10.1 Å². The second-order valence-electron chi connectivity index (χ2n) is 11.2. The highest BCUT2D eigenvalue weighted by Gasteiger charge is 2.51. The largest absolute Gasteiger partial charge is 0.389 e. The number of aliphatic hydroxyl groups is 6. The molecule has 14 N–H and O–H groups in total. The summed E-state index contributed by atoms with van der Waals surface area (Å²) < 4.78 is 52.3. The van der Waals surface area contributed by atoms with E-state index in [1.54, 1.807) is 0 Å². The number of nitrogens with two attached hydrogens (primary N) is 4. The third-order valence-corrected chi connectivity index (χ3v) is 9.25. The van der Waals surface area contributed by atoms with Gasteiger partial charge in [0.05, 0.1) is 18.4 Å². The first kappa shape index (κ1) is 35.8. The van der Waals surface area contributed by atoms with Gasteiger partial charge in [-0.25, -0.2) is 0 Å². The van der Waals surface area contributed by atoms with Gasteiger partial charge >= 0.3 is 0 Å². The summed E-state index contributed by atoms with van der Waals surface area (Å²) in [7, 11) is -3.92. The van der Waals surface area contributed by atoms with Crippen molar-refractivity contribution in [1.82, 2.24) is 0 Å². The van der Waals surface area contributed by atoms with E-state index in [1.807, 2.05) is 6.92 Å². The monoisotopic (exact) mass is 632 g/mol. The Morgan fingerprint density at radius 3 is 1.88 bits per heavy atom. The minimum atomic E-state index is -3.92. The predicted octanol–water partition coefficient (Wildman–Crippen LogP) is -5.36. The first-order chi connectivity index (χ1) is 19.7. The van der Waals surface area contributed by atoms with Crippen LogP contribution in [0.1, 0.15) is 39.0 Å². The molecular weight excluding hydrogens is 584 g/mol. The Morgan fingerprint density at radius 1 is 0.738 bits per heavy atom. The summed E-state index contributed by atoms with van der Waals surface area (Å²) in [6, 6.07) is -3.13. The molecule has 42 heavy (non-hydrogen) atoms. The summed E-state index contributed by atoms with van der Waals surface area (Å²) >= 11 is 0. The van der Waals surface area contributed by atoms with Crippen LogP contribution < -0.4 is 22.9 Å². The fourth-order valence-corrected chi connectivity index (χ4v) is 6.34. The van der Waals surface area contributed by atoms with Crippen LogP contribution in [0, 0.1) is 0 Å². The minimum absolute atomic E-state index is 0.0288. The SMILES string of the molecule is CCCCCCS(=O)(=O)OC[C@H]1OC(O[C@@H]2C(N)CC(N)C(O[C@H]3OC(CN)[C@@H](O)[C@H](O)C3O)[C@@H]2O)[C@H](O)[C@H](N)C1O. The van der Waals surface area contributed by atoms with Crippen molar-refractivity contribution < 1.29 is 62.2 Å². The summed E-state index contributed by atoms with van der Waals surface area (Å²) in [4.78, 5) is 0. The fraction of sp³-hybridized carbons (Fsp3) is 1.00. The second-order valence-corrected chi connectivity index (χ2v) is 13.0. The first-order valence-electron chi connectivity index (χ1n) is 14.3. The van der Waals surface area contributed by atoms with E-state index < -0.39 is 108 Å². The standard InChI is InChI=1S/C24H48N4O13S/c1-2-3-4-5-6-42(35,36)37-9-13-15(29)14(28)17(31)23(39-13)40-21-10(26)7-11(27)22(20(21)34)41-24-19(33)18(32)16(30)12(8-25)38-24/h10-24,29-34H,2-9,25-28H2,1H3/t10?,11?,12?,13-,14-,15?,16-,17-,18+,19?,20-,21-,22?,23?,24-/m1/s1. The van der Waals surface area contributed by atoms with E-state index >= 15 is 0 Å². The molecule has 0 amide bonds. The van der Waals surface area contributed by atoms with Gasteiger partial charge in [0.15, 0.2) is 12.6 Å². The third-order valence-electron chi connectivity index (χ3n) is 7.96. The van der Waals surface area contributed by atoms with Crippen molar-refractivity contribution in [3.8, 4) is 0 Å². The molecule has 15 atom stereocenters. The summed E-state index contributed by atoms with van der Waals surface area (Å²) in [6.45, 7) is 1.20. The van der Waals surface area contributed by atoms with Crippen LogP contribution in [0.2, 0.25) is 0 Å². The zero-order valence-electron chi connectivity index (χ0n) is 23.6. The molecule has 7 unspecified atom stereocenters. The molecule has 2 saturated heterocycles.